The molecule has 0 saturated carbocycles. The number of unbranched alkanes of at least 4 members (excludes halogenated alkanes) is 1. The number of aromatic nitrogens is 1. The van der Waals surface area contributed by atoms with Crippen LogP contribution in [0.3, 0.4) is 0 Å². The van der Waals surface area contributed by atoms with E-state index in [1.165, 1.54) is 0 Å². The molecule has 0 spiro atoms. The van der Waals surface area contributed by atoms with Crippen LogP contribution in [-0.2, 0) is 11.3 Å². The summed E-state index contributed by atoms with van der Waals surface area (Å²) in [7, 11) is 0. The average molecular weight is 441 g/mol. The quantitative estimate of drug-likeness (QED) is 0.203. The standard InChI is InChI=1S/C15H25ClN4O.HI/c1-3-17-15(18-9-5-6-10-21-4-2)20-12-13-7-8-14(16)19-11-13;/h7-8,11H,3-6,9-10,12H2,1-2H3,(H2,17,18,20);1H. The van der Waals surface area contributed by atoms with Crippen LogP contribution in [0, 0.1) is 0 Å². The zero-order valence-corrected chi connectivity index (χ0v) is 16.4. The molecule has 2 N–H and O–H groups in total. The highest BCUT2D eigenvalue weighted by molar-refractivity contribution is 14.0. The normalized spacial score (nSPS) is 11.0. The van der Waals surface area contributed by atoms with Crippen LogP contribution in [0.15, 0.2) is 23.3 Å². The number of halogens is 2. The summed E-state index contributed by atoms with van der Waals surface area (Å²) in [4.78, 5) is 8.58. The molecule has 0 saturated heterocycles. The molecule has 7 heteroatoms. The molecule has 0 atom stereocenters. The lowest BCUT2D eigenvalue weighted by molar-refractivity contribution is 0.143. The van der Waals surface area contributed by atoms with Gasteiger partial charge in [-0.3, -0.25) is 0 Å². The first-order chi connectivity index (χ1) is 10.3. The first-order valence-corrected chi connectivity index (χ1v) is 7.84. The van der Waals surface area contributed by atoms with Gasteiger partial charge in [-0.1, -0.05) is 17.7 Å². The van der Waals surface area contributed by atoms with Gasteiger partial charge in [-0.05, 0) is 38.3 Å². The summed E-state index contributed by atoms with van der Waals surface area (Å²) in [5, 5.41) is 7.05. The first kappa shape index (κ1) is 21.4. The Morgan fingerprint density at radius 3 is 2.73 bits per heavy atom. The third kappa shape index (κ3) is 10.2. The summed E-state index contributed by atoms with van der Waals surface area (Å²) >= 11 is 5.76. The average Bonchev–Trinajstić information content (AvgIpc) is 2.49. The lowest BCUT2D eigenvalue weighted by Crippen LogP contribution is -2.37. The Labute approximate surface area is 155 Å². The molecule has 1 aromatic rings. The second-order valence-electron chi connectivity index (χ2n) is 4.52. The molecule has 0 amide bonds. The van der Waals surface area contributed by atoms with E-state index in [0.29, 0.717) is 11.7 Å². The van der Waals surface area contributed by atoms with E-state index in [2.05, 4.69) is 27.5 Å². The maximum atomic E-state index is 5.76. The Balaban J connectivity index is 0.00000441. The van der Waals surface area contributed by atoms with Crippen molar-refractivity contribution in [2.45, 2.75) is 33.2 Å². The zero-order valence-electron chi connectivity index (χ0n) is 13.3. The van der Waals surface area contributed by atoms with Gasteiger partial charge in [0.05, 0.1) is 6.54 Å². The van der Waals surface area contributed by atoms with Crippen LogP contribution in [0.25, 0.3) is 0 Å². The Hall–Kier alpha value is -0.600. The molecule has 0 fully saturated rings. The van der Waals surface area contributed by atoms with Crippen molar-refractivity contribution in [2.75, 3.05) is 26.3 Å². The second-order valence-corrected chi connectivity index (χ2v) is 4.90. The van der Waals surface area contributed by atoms with Gasteiger partial charge < -0.3 is 15.4 Å². The third-order valence-electron chi connectivity index (χ3n) is 2.76. The van der Waals surface area contributed by atoms with E-state index in [4.69, 9.17) is 16.3 Å². The molecule has 1 heterocycles. The number of guanidine groups is 1. The largest absolute Gasteiger partial charge is 0.382 e. The van der Waals surface area contributed by atoms with E-state index in [-0.39, 0.29) is 24.0 Å². The molecule has 0 aliphatic carbocycles. The molecule has 0 unspecified atom stereocenters. The topological polar surface area (TPSA) is 58.5 Å². The molecule has 0 radical (unpaired) electrons. The van der Waals surface area contributed by atoms with Gasteiger partial charge in [0.25, 0.3) is 0 Å². The number of rotatable bonds is 9. The minimum atomic E-state index is 0. The Morgan fingerprint density at radius 2 is 2.09 bits per heavy atom. The van der Waals surface area contributed by atoms with Crippen molar-refractivity contribution in [2.24, 2.45) is 4.99 Å². The van der Waals surface area contributed by atoms with Gasteiger partial charge in [-0.2, -0.15) is 0 Å². The molecule has 1 rings (SSSR count). The van der Waals surface area contributed by atoms with Crippen LogP contribution in [-0.4, -0.2) is 37.2 Å². The lowest BCUT2D eigenvalue weighted by atomic mass is 10.3. The lowest BCUT2D eigenvalue weighted by Gasteiger charge is -2.11. The number of hydrogen-bond donors (Lipinski definition) is 2. The SMILES string of the molecule is CCNC(=NCc1ccc(Cl)nc1)NCCCCOCC.I. The van der Waals surface area contributed by atoms with Crippen molar-refractivity contribution in [3.63, 3.8) is 0 Å². The Bertz CT molecular complexity index is 415. The fraction of sp³-hybridized carbons (Fsp3) is 0.600. The molecule has 0 bridgehead atoms. The van der Waals surface area contributed by atoms with E-state index >= 15 is 0 Å². The smallest absolute Gasteiger partial charge is 0.191 e. The van der Waals surface area contributed by atoms with Crippen LogP contribution in [0.2, 0.25) is 5.15 Å². The van der Waals surface area contributed by atoms with Crippen molar-refractivity contribution in [3.8, 4) is 0 Å². The van der Waals surface area contributed by atoms with Gasteiger partial charge in [0.15, 0.2) is 5.96 Å². The highest BCUT2D eigenvalue weighted by Crippen LogP contribution is 2.05. The molecule has 5 nitrogen and oxygen atoms in total. The van der Waals surface area contributed by atoms with Crippen molar-refractivity contribution < 1.29 is 4.74 Å². The monoisotopic (exact) mass is 440 g/mol. The summed E-state index contributed by atoms with van der Waals surface area (Å²) < 4.78 is 5.31. The van der Waals surface area contributed by atoms with Gasteiger partial charge >= 0.3 is 0 Å². The third-order valence-corrected chi connectivity index (χ3v) is 2.99. The molecule has 0 aliphatic heterocycles. The zero-order chi connectivity index (χ0) is 15.3. The van der Waals surface area contributed by atoms with Crippen LogP contribution >= 0.6 is 35.6 Å². The fourth-order valence-corrected chi connectivity index (χ4v) is 1.80. The molecule has 0 aromatic carbocycles. The maximum Gasteiger partial charge on any atom is 0.191 e. The number of aliphatic imine (C=N–C) groups is 1. The molecule has 1 aromatic heterocycles. The number of nitrogens with one attached hydrogen (secondary N) is 2. The summed E-state index contributed by atoms with van der Waals surface area (Å²) in [5.41, 5.74) is 1.04. The van der Waals surface area contributed by atoms with Crippen LogP contribution in [0.1, 0.15) is 32.3 Å². The predicted octanol–water partition coefficient (Wildman–Crippen LogP) is 3.22. The van der Waals surface area contributed by atoms with Crippen LogP contribution in [0.4, 0.5) is 0 Å². The molecular formula is C15H26ClIN4O. The van der Waals surface area contributed by atoms with E-state index in [1.54, 1.807) is 12.3 Å². The minimum Gasteiger partial charge on any atom is -0.382 e. The molecular weight excluding hydrogens is 415 g/mol. The maximum absolute atomic E-state index is 5.76. The summed E-state index contributed by atoms with van der Waals surface area (Å²) in [6, 6.07) is 3.71. The number of ether oxygens (including phenoxy) is 1. The Kier molecular flexibility index (Phi) is 13.6. The number of nitrogens with zero attached hydrogens (tertiary/aromatic N) is 2. The first-order valence-electron chi connectivity index (χ1n) is 7.46. The minimum absolute atomic E-state index is 0. The highest BCUT2D eigenvalue weighted by Gasteiger charge is 1.98. The number of hydrogen-bond acceptors (Lipinski definition) is 3. The van der Waals surface area contributed by atoms with E-state index in [1.807, 2.05) is 13.0 Å². The van der Waals surface area contributed by atoms with Gasteiger partial charge in [0.1, 0.15) is 5.15 Å². The Morgan fingerprint density at radius 1 is 1.27 bits per heavy atom. The van der Waals surface area contributed by atoms with Crippen LogP contribution < -0.4 is 10.6 Å². The summed E-state index contributed by atoms with van der Waals surface area (Å²) in [6.07, 6.45) is 3.87. The molecule has 0 aliphatic rings. The number of pyridine rings is 1. The van der Waals surface area contributed by atoms with Gasteiger partial charge in [0, 0.05) is 32.5 Å². The fourth-order valence-electron chi connectivity index (χ4n) is 1.69. The van der Waals surface area contributed by atoms with Crippen molar-refractivity contribution in [3.05, 3.63) is 29.0 Å². The van der Waals surface area contributed by atoms with Crippen LogP contribution in [0.5, 0.6) is 0 Å². The molecule has 22 heavy (non-hydrogen) atoms. The van der Waals surface area contributed by atoms with E-state index in [9.17, 15) is 0 Å². The summed E-state index contributed by atoms with van der Waals surface area (Å²) in [6.45, 7) is 7.98. The second kappa shape index (κ2) is 14.0. The van der Waals surface area contributed by atoms with Gasteiger partial charge in [-0.15, -0.1) is 24.0 Å². The summed E-state index contributed by atoms with van der Waals surface area (Å²) in [5.74, 6) is 0.823. The van der Waals surface area contributed by atoms with Crippen molar-refractivity contribution >= 4 is 41.5 Å². The molecule has 126 valence electrons. The van der Waals surface area contributed by atoms with E-state index < -0.39 is 0 Å². The van der Waals surface area contributed by atoms with Gasteiger partial charge in [0.2, 0.25) is 0 Å². The van der Waals surface area contributed by atoms with Gasteiger partial charge in [-0.25, -0.2) is 9.98 Å². The predicted molar refractivity (Wildman–Crippen MR) is 103 cm³/mol. The highest BCUT2D eigenvalue weighted by atomic mass is 127. The van der Waals surface area contributed by atoms with Crippen molar-refractivity contribution in [1.82, 2.24) is 15.6 Å². The van der Waals surface area contributed by atoms with Crippen molar-refractivity contribution in [1.29, 1.82) is 0 Å². The van der Waals surface area contributed by atoms with E-state index in [0.717, 1.165) is 50.7 Å².